The number of methoxy groups -OCH3 is 1. The van der Waals surface area contributed by atoms with Crippen LogP contribution in [-0.2, 0) is 4.74 Å². The number of rotatable bonds is 4. The van der Waals surface area contributed by atoms with Crippen LogP contribution >= 0.6 is 23.8 Å². The molecule has 25 heavy (non-hydrogen) atoms. The Kier molecular flexibility index (Phi) is 6.39. The molecule has 2 N–H and O–H groups in total. The van der Waals surface area contributed by atoms with E-state index in [1.807, 2.05) is 6.92 Å². The van der Waals surface area contributed by atoms with Gasteiger partial charge in [-0.15, -0.1) is 0 Å². The van der Waals surface area contributed by atoms with Gasteiger partial charge in [0.2, 0.25) is 0 Å². The maximum absolute atomic E-state index is 11.7. The molecule has 1 atom stereocenters. The van der Waals surface area contributed by atoms with Crippen LogP contribution in [0.2, 0.25) is 5.02 Å². The van der Waals surface area contributed by atoms with Crippen LogP contribution < -0.4 is 10.6 Å². The van der Waals surface area contributed by atoms with E-state index in [2.05, 4.69) is 42.7 Å². The standard InChI is InChI=1S/C19H21ClN2O2S/c1-11-5-7-15(12(2)9-11)13(3)21-19(25)22-14-6-8-17(20)16(10-14)18(23)24-4/h5-10,13H,1-4H3,(H2,21,22,25)/t13-/m0/s1. The minimum atomic E-state index is -0.490. The summed E-state index contributed by atoms with van der Waals surface area (Å²) in [6.07, 6.45) is 0. The van der Waals surface area contributed by atoms with Gasteiger partial charge in [-0.3, -0.25) is 0 Å². The second-order valence-corrected chi connectivity index (χ2v) is 6.68. The molecule has 0 amide bonds. The number of nitrogens with one attached hydrogen (secondary N) is 2. The van der Waals surface area contributed by atoms with Crippen molar-refractivity contribution in [3.05, 3.63) is 63.7 Å². The molecule has 0 radical (unpaired) electrons. The van der Waals surface area contributed by atoms with Crippen LogP contribution in [0.5, 0.6) is 0 Å². The van der Waals surface area contributed by atoms with Crippen LogP contribution in [-0.4, -0.2) is 18.2 Å². The molecule has 0 saturated carbocycles. The summed E-state index contributed by atoms with van der Waals surface area (Å²) in [5.74, 6) is -0.490. The van der Waals surface area contributed by atoms with Crippen molar-refractivity contribution in [2.24, 2.45) is 0 Å². The highest BCUT2D eigenvalue weighted by molar-refractivity contribution is 7.80. The summed E-state index contributed by atoms with van der Waals surface area (Å²) in [7, 11) is 1.32. The van der Waals surface area contributed by atoms with Crippen molar-refractivity contribution < 1.29 is 9.53 Å². The van der Waals surface area contributed by atoms with Gasteiger partial charge >= 0.3 is 5.97 Å². The fourth-order valence-electron chi connectivity index (χ4n) is 2.62. The van der Waals surface area contributed by atoms with Crippen molar-refractivity contribution in [1.29, 1.82) is 0 Å². The maximum atomic E-state index is 11.7. The molecule has 0 aliphatic heterocycles. The third-order valence-corrected chi connectivity index (χ3v) is 4.42. The van der Waals surface area contributed by atoms with Crippen molar-refractivity contribution in [2.45, 2.75) is 26.8 Å². The van der Waals surface area contributed by atoms with E-state index in [4.69, 9.17) is 28.6 Å². The molecule has 0 spiro atoms. The van der Waals surface area contributed by atoms with Crippen LogP contribution in [0, 0.1) is 13.8 Å². The van der Waals surface area contributed by atoms with E-state index < -0.39 is 5.97 Å². The Labute approximate surface area is 158 Å². The lowest BCUT2D eigenvalue weighted by molar-refractivity contribution is 0.0601. The monoisotopic (exact) mass is 376 g/mol. The van der Waals surface area contributed by atoms with Gasteiger partial charge in [0.05, 0.1) is 23.7 Å². The molecule has 0 aromatic heterocycles. The van der Waals surface area contributed by atoms with E-state index in [1.165, 1.54) is 23.8 Å². The van der Waals surface area contributed by atoms with Crippen molar-refractivity contribution >= 4 is 40.6 Å². The average molecular weight is 377 g/mol. The van der Waals surface area contributed by atoms with Crippen LogP contribution in [0.25, 0.3) is 0 Å². The first-order valence-electron chi connectivity index (χ1n) is 7.84. The van der Waals surface area contributed by atoms with E-state index in [9.17, 15) is 4.79 Å². The van der Waals surface area contributed by atoms with Crippen molar-refractivity contribution in [2.75, 3.05) is 12.4 Å². The second-order valence-electron chi connectivity index (χ2n) is 5.87. The summed E-state index contributed by atoms with van der Waals surface area (Å²) in [4.78, 5) is 11.7. The number of benzene rings is 2. The number of carbonyl (C=O) groups is 1. The van der Waals surface area contributed by atoms with Gasteiger partial charge in [-0.1, -0.05) is 35.4 Å². The minimum absolute atomic E-state index is 0.0491. The smallest absolute Gasteiger partial charge is 0.339 e. The number of aryl methyl sites for hydroxylation is 2. The Morgan fingerprint density at radius 1 is 1.20 bits per heavy atom. The minimum Gasteiger partial charge on any atom is -0.465 e. The molecule has 132 valence electrons. The molecule has 6 heteroatoms. The summed E-state index contributed by atoms with van der Waals surface area (Å²) in [6.45, 7) is 6.20. The molecule has 0 unspecified atom stereocenters. The van der Waals surface area contributed by atoms with E-state index in [0.29, 0.717) is 21.4 Å². The lowest BCUT2D eigenvalue weighted by Crippen LogP contribution is -2.31. The van der Waals surface area contributed by atoms with Gasteiger partial charge in [0.1, 0.15) is 0 Å². The van der Waals surface area contributed by atoms with E-state index in [-0.39, 0.29) is 6.04 Å². The van der Waals surface area contributed by atoms with E-state index in [0.717, 1.165) is 0 Å². The molecule has 2 aromatic carbocycles. The molecular formula is C19H21ClN2O2S. The Hall–Kier alpha value is -2.11. The number of esters is 1. The van der Waals surface area contributed by atoms with Gasteiger partial charge in [0.25, 0.3) is 0 Å². The number of anilines is 1. The highest BCUT2D eigenvalue weighted by atomic mass is 35.5. The van der Waals surface area contributed by atoms with Gasteiger partial charge in [-0.2, -0.15) is 0 Å². The molecule has 0 fully saturated rings. The van der Waals surface area contributed by atoms with E-state index >= 15 is 0 Å². The summed E-state index contributed by atoms with van der Waals surface area (Å²) in [5.41, 5.74) is 4.57. The normalized spacial score (nSPS) is 11.6. The van der Waals surface area contributed by atoms with Gasteiger partial charge in [0.15, 0.2) is 5.11 Å². The van der Waals surface area contributed by atoms with Crippen molar-refractivity contribution in [3.63, 3.8) is 0 Å². The Morgan fingerprint density at radius 3 is 2.56 bits per heavy atom. The topological polar surface area (TPSA) is 50.4 Å². The van der Waals surface area contributed by atoms with Crippen molar-refractivity contribution in [1.82, 2.24) is 5.32 Å². The van der Waals surface area contributed by atoms with E-state index in [1.54, 1.807) is 18.2 Å². The number of hydrogen-bond acceptors (Lipinski definition) is 3. The highest BCUT2D eigenvalue weighted by Crippen LogP contribution is 2.22. The lowest BCUT2D eigenvalue weighted by Gasteiger charge is -2.19. The third-order valence-electron chi connectivity index (χ3n) is 3.87. The van der Waals surface area contributed by atoms with Gasteiger partial charge in [-0.25, -0.2) is 4.79 Å². The second kappa shape index (κ2) is 8.32. The molecular weight excluding hydrogens is 356 g/mol. The van der Waals surface area contributed by atoms with Gasteiger partial charge in [0, 0.05) is 5.69 Å². The molecule has 0 saturated heterocycles. The molecule has 2 aromatic rings. The largest absolute Gasteiger partial charge is 0.465 e. The summed E-state index contributed by atoms with van der Waals surface area (Å²) in [6, 6.07) is 11.4. The quantitative estimate of drug-likeness (QED) is 0.593. The third kappa shape index (κ3) is 4.94. The number of ether oxygens (including phenoxy) is 1. The Morgan fingerprint density at radius 2 is 1.92 bits per heavy atom. The molecule has 2 rings (SSSR count). The zero-order valence-corrected chi connectivity index (χ0v) is 16.2. The number of thiocarbonyl (C=S) groups is 1. The molecule has 4 nitrogen and oxygen atoms in total. The molecule has 0 bridgehead atoms. The van der Waals surface area contributed by atoms with Crippen LogP contribution in [0.3, 0.4) is 0 Å². The van der Waals surface area contributed by atoms with Crippen LogP contribution in [0.4, 0.5) is 5.69 Å². The van der Waals surface area contributed by atoms with Crippen LogP contribution in [0.1, 0.15) is 40.0 Å². The highest BCUT2D eigenvalue weighted by Gasteiger charge is 2.13. The summed E-state index contributed by atoms with van der Waals surface area (Å²) in [5, 5.41) is 7.12. The first-order chi connectivity index (χ1) is 11.8. The summed E-state index contributed by atoms with van der Waals surface area (Å²) < 4.78 is 4.72. The number of hydrogen-bond donors (Lipinski definition) is 2. The Balaban J connectivity index is 2.08. The molecule has 0 aliphatic rings. The zero-order valence-electron chi connectivity index (χ0n) is 14.6. The van der Waals surface area contributed by atoms with Gasteiger partial charge in [-0.05, 0) is 62.3 Å². The predicted molar refractivity (Wildman–Crippen MR) is 106 cm³/mol. The number of halogens is 1. The lowest BCUT2D eigenvalue weighted by atomic mass is 10.0. The first-order valence-corrected chi connectivity index (χ1v) is 8.63. The SMILES string of the molecule is COC(=O)c1cc(NC(=S)N[C@@H](C)c2ccc(C)cc2C)ccc1Cl. The molecule has 0 aliphatic carbocycles. The van der Waals surface area contributed by atoms with Crippen LogP contribution in [0.15, 0.2) is 36.4 Å². The molecule has 0 heterocycles. The summed E-state index contributed by atoms with van der Waals surface area (Å²) >= 11 is 11.4. The maximum Gasteiger partial charge on any atom is 0.339 e. The predicted octanol–water partition coefficient (Wildman–Crippen LogP) is 4.79. The van der Waals surface area contributed by atoms with Crippen molar-refractivity contribution in [3.8, 4) is 0 Å². The zero-order chi connectivity index (χ0) is 18.6. The van der Waals surface area contributed by atoms with Gasteiger partial charge < -0.3 is 15.4 Å². The fraction of sp³-hybridized carbons (Fsp3) is 0.263. The fourth-order valence-corrected chi connectivity index (χ4v) is 3.11. The Bertz CT molecular complexity index is 808. The average Bonchev–Trinajstić information content (AvgIpc) is 2.55. The number of carbonyl (C=O) groups excluding carboxylic acids is 1. The first kappa shape index (κ1) is 19.2.